The zero-order valence-corrected chi connectivity index (χ0v) is 13.7. The number of methoxy groups -OCH3 is 1. The average molecular weight is 320 g/mol. The average Bonchev–Trinajstić information content (AvgIpc) is 3.10. The highest BCUT2D eigenvalue weighted by Crippen LogP contribution is 2.29. The lowest BCUT2D eigenvalue weighted by Crippen LogP contribution is -2.30. The van der Waals surface area contributed by atoms with Gasteiger partial charge in [0.2, 0.25) is 0 Å². The molecule has 0 saturated heterocycles. The molecule has 2 aromatic carbocycles. The van der Waals surface area contributed by atoms with E-state index in [0.29, 0.717) is 0 Å². The molecule has 0 aliphatic carbocycles. The number of fused-ring (bicyclic) bond motifs is 1. The van der Waals surface area contributed by atoms with Gasteiger partial charge in [-0.15, -0.1) is 0 Å². The van der Waals surface area contributed by atoms with Crippen LogP contribution in [-0.4, -0.2) is 23.7 Å². The molecular formula is C20H20N2O2. The second-order valence-corrected chi connectivity index (χ2v) is 6.14. The molecule has 4 rings (SSSR count). The summed E-state index contributed by atoms with van der Waals surface area (Å²) in [6.45, 7) is 2.86. The first-order chi connectivity index (χ1) is 11.8. The van der Waals surface area contributed by atoms with Gasteiger partial charge in [0.25, 0.3) is 0 Å². The Kier molecular flexibility index (Phi) is 4.05. The molecule has 0 unspecified atom stereocenters. The van der Waals surface area contributed by atoms with E-state index in [1.54, 1.807) is 7.11 Å². The summed E-state index contributed by atoms with van der Waals surface area (Å²) in [6, 6.07) is 16.6. The zero-order valence-electron chi connectivity index (χ0n) is 13.7. The van der Waals surface area contributed by atoms with E-state index in [1.165, 1.54) is 11.1 Å². The Morgan fingerprint density at radius 2 is 2.00 bits per heavy atom. The number of ether oxygens (including phenoxy) is 1. The lowest BCUT2D eigenvalue weighted by atomic mass is 9.99. The third-order valence-corrected chi connectivity index (χ3v) is 4.58. The summed E-state index contributed by atoms with van der Waals surface area (Å²) in [5, 5.41) is 4.02. The van der Waals surface area contributed by atoms with Crippen LogP contribution in [0.1, 0.15) is 16.7 Å². The van der Waals surface area contributed by atoms with Crippen LogP contribution in [0.3, 0.4) is 0 Å². The van der Waals surface area contributed by atoms with Crippen molar-refractivity contribution >= 4 is 0 Å². The lowest BCUT2D eigenvalue weighted by molar-refractivity contribution is 0.245. The molecular weight excluding hydrogens is 300 g/mol. The minimum Gasteiger partial charge on any atom is -0.497 e. The second-order valence-electron chi connectivity index (χ2n) is 6.14. The van der Waals surface area contributed by atoms with Crippen LogP contribution in [0.15, 0.2) is 59.3 Å². The molecule has 0 atom stereocenters. The van der Waals surface area contributed by atoms with Crippen LogP contribution in [0.25, 0.3) is 11.3 Å². The Labute approximate surface area is 141 Å². The van der Waals surface area contributed by atoms with Crippen LogP contribution in [-0.2, 0) is 19.5 Å². The van der Waals surface area contributed by atoms with E-state index in [2.05, 4.69) is 34.3 Å². The van der Waals surface area contributed by atoms with Gasteiger partial charge >= 0.3 is 0 Å². The first-order valence-corrected chi connectivity index (χ1v) is 8.20. The van der Waals surface area contributed by atoms with Gasteiger partial charge in [-0.2, -0.15) is 0 Å². The summed E-state index contributed by atoms with van der Waals surface area (Å²) in [5.41, 5.74) is 5.00. The van der Waals surface area contributed by atoms with Crippen LogP contribution < -0.4 is 4.74 Å². The number of nitrogens with zero attached hydrogens (tertiary/aromatic N) is 2. The quantitative estimate of drug-likeness (QED) is 0.730. The Hall–Kier alpha value is -2.59. The molecule has 0 saturated carbocycles. The Morgan fingerprint density at radius 3 is 2.88 bits per heavy atom. The molecule has 3 aromatic rings. The smallest absolute Gasteiger partial charge is 0.171 e. The fraction of sp³-hybridized carbons (Fsp3) is 0.250. The van der Waals surface area contributed by atoms with E-state index in [9.17, 15) is 0 Å². The highest BCUT2D eigenvalue weighted by atomic mass is 16.5. The molecule has 0 amide bonds. The largest absolute Gasteiger partial charge is 0.497 e. The van der Waals surface area contributed by atoms with Gasteiger partial charge in [-0.1, -0.05) is 41.6 Å². The van der Waals surface area contributed by atoms with Crippen molar-refractivity contribution in [3.05, 3.63) is 71.4 Å². The minimum atomic E-state index is 0.821. The molecule has 1 aliphatic heterocycles. The molecule has 0 bridgehead atoms. The van der Waals surface area contributed by atoms with Crippen molar-refractivity contribution in [3.63, 3.8) is 0 Å². The van der Waals surface area contributed by atoms with Crippen molar-refractivity contribution in [2.24, 2.45) is 0 Å². The third-order valence-electron chi connectivity index (χ3n) is 4.58. The fourth-order valence-corrected chi connectivity index (χ4v) is 3.30. The molecule has 0 radical (unpaired) electrons. The summed E-state index contributed by atoms with van der Waals surface area (Å²) in [6.07, 6.45) is 2.92. The van der Waals surface area contributed by atoms with Gasteiger partial charge in [0.15, 0.2) is 5.76 Å². The van der Waals surface area contributed by atoms with Gasteiger partial charge in [-0.3, -0.25) is 4.90 Å². The number of benzene rings is 2. The maximum absolute atomic E-state index is 5.53. The molecule has 0 spiro atoms. The third kappa shape index (κ3) is 2.93. The van der Waals surface area contributed by atoms with E-state index in [1.807, 2.05) is 30.5 Å². The normalized spacial score (nSPS) is 14.4. The van der Waals surface area contributed by atoms with E-state index < -0.39 is 0 Å². The van der Waals surface area contributed by atoms with Crippen LogP contribution in [0.2, 0.25) is 0 Å². The standard InChI is InChI=1S/C20H20N2O2/c1-23-19-8-4-7-16(11-19)20-18(12-21-24-20)14-22-10-9-15-5-2-3-6-17(15)13-22/h2-8,11-12H,9-10,13-14H2,1H3. The van der Waals surface area contributed by atoms with Crippen LogP contribution >= 0.6 is 0 Å². The summed E-state index contributed by atoms with van der Waals surface area (Å²) in [4.78, 5) is 2.44. The molecule has 0 fully saturated rings. The molecule has 1 aromatic heterocycles. The van der Waals surface area contributed by atoms with Gasteiger partial charge < -0.3 is 9.26 Å². The Balaban J connectivity index is 1.55. The number of hydrogen-bond acceptors (Lipinski definition) is 4. The zero-order chi connectivity index (χ0) is 16.4. The molecule has 2 heterocycles. The van der Waals surface area contributed by atoms with Crippen molar-refractivity contribution in [1.82, 2.24) is 10.1 Å². The molecule has 0 N–H and O–H groups in total. The van der Waals surface area contributed by atoms with Gasteiger partial charge in [0.1, 0.15) is 5.75 Å². The SMILES string of the molecule is COc1cccc(-c2oncc2CN2CCc3ccccc3C2)c1. The molecule has 122 valence electrons. The summed E-state index contributed by atoms with van der Waals surface area (Å²) >= 11 is 0. The molecule has 4 heteroatoms. The van der Waals surface area contributed by atoms with Gasteiger partial charge in [0.05, 0.1) is 13.3 Å². The van der Waals surface area contributed by atoms with Crippen molar-refractivity contribution in [2.45, 2.75) is 19.5 Å². The van der Waals surface area contributed by atoms with E-state index in [4.69, 9.17) is 9.26 Å². The molecule has 4 nitrogen and oxygen atoms in total. The Morgan fingerprint density at radius 1 is 1.12 bits per heavy atom. The molecule has 24 heavy (non-hydrogen) atoms. The fourth-order valence-electron chi connectivity index (χ4n) is 3.30. The van der Waals surface area contributed by atoms with Crippen LogP contribution in [0.4, 0.5) is 0 Å². The van der Waals surface area contributed by atoms with E-state index in [-0.39, 0.29) is 0 Å². The second kappa shape index (κ2) is 6.49. The van der Waals surface area contributed by atoms with Crippen molar-refractivity contribution < 1.29 is 9.26 Å². The highest BCUT2D eigenvalue weighted by Gasteiger charge is 2.19. The number of rotatable bonds is 4. The number of hydrogen-bond donors (Lipinski definition) is 0. The molecule has 1 aliphatic rings. The number of aromatic nitrogens is 1. The van der Waals surface area contributed by atoms with Crippen molar-refractivity contribution in [2.75, 3.05) is 13.7 Å². The maximum Gasteiger partial charge on any atom is 0.171 e. The van der Waals surface area contributed by atoms with Gasteiger partial charge in [-0.05, 0) is 29.7 Å². The summed E-state index contributed by atoms with van der Waals surface area (Å²) in [5.74, 6) is 1.65. The Bertz CT molecular complexity index is 841. The van der Waals surface area contributed by atoms with Crippen LogP contribution in [0.5, 0.6) is 5.75 Å². The lowest BCUT2D eigenvalue weighted by Gasteiger charge is -2.28. The monoisotopic (exact) mass is 320 g/mol. The van der Waals surface area contributed by atoms with Crippen molar-refractivity contribution in [1.29, 1.82) is 0 Å². The van der Waals surface area contributed by atoms with E-state index >= 15 is 0 Å². The predicted octanol–water partition coefficient (Wildman–Crippen LogP) is 3.91. The summed E-state index contributed by atoms with van der Waals surface area (Å²) < 4.78 is 10.8. The van der Waals surface area contributed by atoms with Crippen molar-refractivity contribution in [3.8, 4) is 17.1 Å². The first kappa shape index (κ1) is 15.0. The maximum atomic E-state index is 5.53. The van der Waals surface area contributed by atoms with Gasteiger partial charge in [0, 0.05) is 30.8 Å². The highest BCUT2D eigenvalue weighted by molar-refractivity contribution is 5.62. The predicted molar refractivity (Wildman–Crippen MR) is 92.8 cm³/mol. The first-order valence-electron chi connectivity index (χ1n) is 8.20. The van der Waals surface area contributed by atoms with E-state index in [0.717, 1.165) is 48.7 Å². The minimum absolute atomic E-state index is 0.821. The van der Waals surface area contributed by atoms with Gasteiger partial charge in [-0.25, -0.2) is 0 Å². The topological polar surface area (TPSA) is 38.5 Å². The van der Waals surface area contributed by atoms with Crippen LogP contribution in [0, 0.1) is 0 Å². The summed E-state index contributed by atoms with van der Waals surface area (Å²) in [7, 11) is 1.67.